The molecule has 0 heterocycles. The second-order valence-electron chi connectivity index (χ2n) is 3.00. The van der Waals surface area contributed by atoms with E-state index in [4.69, 9.17) is 10.4 Å². The van der Waals surface area contributed by atoms with Gasteiger partial charge in [-0.3, -0.25) is 4.79 Å². The Hall–Kier alpha value is -1.08. The highest BCUT2D eigenvalue weighted by atomic mass is 16.3. The molecular formula is C8H12N2O2. The number of carbonyl (C=O) groups excluding carboxylic acids is 1. The summed E-state index contributed by atoms with van der Waals surface area (Å²) in [5.74, 6) is -0.0192. The summed E-state index contributed by atoms with van der Waals surface area (Å²) in [5.41, 5.74) is 0. The van der Waals surface area contributed by atoms with Gasteiger partial charge in [0.05, 0.1) is 12.7 Å². The third-order valence-electron chi connectivity index (χ3n) is 2.13. The van der Waals surface area contributed by atoms with E-state index in [1.54, 1.807) is 6.07 Å². The SMILES string of the molecule is N#CC(CO)NC(=O)C1CCC1. The fourth-order valence-electron chi connectivity index (χ4n) is 1.08. The van der Waals surface area contributed by atoms with Crippen LogP contribution in [0.4, 0.5) is 0 Å². The summed E-state index contributed by atoms with van der Waals surface area (Å²) >= 11 is 0. The van der Waals surface area contributed by atoms with Gasteiger partial charge >= 0.3 is 0 Å². The van der Waals surface area contributed by atoms with Crippen LogP contribution in [0.5, 0.6) is 0 Å². The minimum absolute atomic E-state index is 0.0763. The van der Waals surface area contributed by atoms with Crippen molar-refractivity contribution in [3.05, 3.63) is 0 Å². The highest BCUT2D eigenvalue weighted by Gasteiger charge is 2.26. The lowest BCUT2D eigenvalue weighted by Crippen LogP contribution is -2.42. The number of aliphatic hydroxyl groups excluding tert-OH is 1. The minimum atomic E-state index is -0.738. The molecule has 0 radical (unpaired) electrons. The molecule has 1 unspecified atom stereocenters. The number of nitrogens with one attached hydrogen (secondary N) is 1. The Balaban J connectivity index is 2.29. The number of nitrogens with zero attached hydrogens (tertiary/aromatic N) is 1. The van der Waals surface area contributed by atoms with Gasteiger partial charge < -0.3 is 10.4 Å². The van der Waals surface area contributed by atoms with Crippen LogP contribution in [-0.4, -0.2) is 23.7 Å². The normalized spacial score (nSPS) is 19.0. The third kappa shape index (κ3) is 1.95. The maximum absolute atomic E-state index is 11.2. The van der Waals surface area contributed by atoms with Crippen LogP contribution in [0.2, 0.25) is 0 Å². The summed E-state index contributed by atoms with van der Waals surface area (Å²) in [7, 11) is 0. The molecule has 4 heteroatoms. The van der Waals surface area contributed by atoms with Crippen LogP contribution in [0.25, 0.3) is 0 Å². The molecule has 1 aliphatic carbocycles. The van der Waals surface area contributed by atoms with Gasteiger partial charge in [-0.1, -0.05) is 6.42 Å². The van der Waals surface area contributed by atoms with Crippen molar-refractivity contribution in [2.45, 2.75) is 25.3 Å². The lowest BCUT2D eigenvalue weighted by Gasteiger charge is -2.24. The van der Waals surface area contributed by atoms with Gasteiger partial charge in [-0.25, -0.2) is 0 Å². The first-order chi connectivity index (χ1) is 5.77. The third-order valence-corrected chi connectivity index (χ3v) is 2.13. The van der Waals surface area contributed by atoms with Crippen molar-refractivity contribution in [3.8, 4) is 6.07 Å². The number of hydrogen-bond acceptors (Lipinski definition) is 3. The molecule has 4 nitrogen and oxygen atoms in total. The van der Waals surface area contributed by atoms with Crippen LogP contribution in [0.15, 0.2) is 0 Å². The van der Waals surface area contributed by atoms with Crippen molar-refractivity contribution in [1.29, 1.82) is 5.26 Å². The van der Waals surface area contributed by atoms with Crippen molar-refractivity contribution in [2.75, 3.05) is 6.61 Å². The second kappa shape index (κ2) is 4.07. The number of carbonyl (C=O) groups is 1. The number of hydrogen-bond donors (Lipinski definition) is 2. The molecule has 2 N–H and O–H groups in total. The first kappa shape index (κ1) is 9.01. The molecule has 1 atom stereocenters. The summed E-state index contributed by atoms with van der Waals surface area (Å²) in [4.78, 5) is 11.2. The monoisotopic (exact) mass is 168 g/mol. The van der Waals surface area contributed by atoms with Gasteiger partial charge in [-0.2, -0.15) is 5.26 Å². The van der Waals surface area contributed by atoms with Gasteiger partial charge in [-0.15, -0.1) is 0 Å². The highest BCUT2D eigenvalue weighted by Crippen LogP contribution is 2.26. The molecule has 12 heavy (non-hydrogen) atoms. The Labute approximate surface area is 71.2 Å². The average Bonchev–Trinajstić information content (AvgIpc) is 1.96. The van der Waals surface area contributed by atoms with E-state index in [9.17, 15) is 4.79 Å². The molecule has 1 aliphatic rings. The van der Waals surface area contributed by atoms with Crippen LogP contribution < -0.4 is 5.32 Å². The number of aliphatic hydroxyl groups is 1. The first-order valence-electron chi connectivity index (χ1n) is 4.08. The lowest BCUT2D eigenvalue weighted by molar-refractivity contribution is -0.128. The Morgan fingerprint density at radius 1 is 1.75 bits per heavy atom. The fourth-order valence-corrected chi connectivity index (χ4v) is 1.08. The highest BCUT2D eigenvalue weighted by molar-refractivity contribution is 5.79. The van der Waals surface area contributed by atoms with Gasteiger partial charge in [0.15, 0.2) is 0 Å². The van der Waals surface area contributed by atoms with Gasteiger partial charge in [0, 0.05) is 5.92 Å². The summed E-state index contributed by atoms with van der Waals surface area (Å²) in [6.07, 6.45) is 2.92. The molecule has 1 amide bonds. The summed E-state index contributed by atoms with van der Waals surface area (Å²) in [6, 6.07) is 1.07. The summed E-state index contributed by atoms with van der Waals surface area (Å²) in [6.45, 7) is -0.311. The van der Waals surface area contributed by atoms with E-state index in [-0.39, 0.29) is 18.4 Å². The molecule has 0 aromatic rings. The Morgan fingerprint density at radius 3 is 2.75 bits per heavy atom. The zero-order valence-electron chi connectivity index (χ0n) is 6.79. The van der Waals surface area contributed by atoms with E-state index in [1.165, 1.54) is 0 Å². The molecule has 0 bridgehead atoms. The molecule has 1 rings (SSSR count). The molecular weight excluding hydrogens is 156 g/mol. The summed E-state index contributed by atoms with van der Waals surface area (Å²) in [5, 5.41) is 19.5. The molecule has 0 spiro atoms. The molecule has 0 aromatic carbocycles. The quantitative estimate of drug-likeness (QED) is 0.612. The van der Waals surface area contributed by atoms with E-state index in [0.717, 1.165) is 19.3 Å². The zero-order chi connectivity index (χ0) is 8.97. The van der Waals surface area contributed by atoms with Crippen molar-refractivity contribution in [3.63, 3.8) is 0 Å². The van der Waals surface area contributed by atoms with E-state index in [0.29, 0.717) is 0 Å². The fraction of sp³-hybridized carbons (Fsp3) is 0.750. The van der Waals surface area contributed by atoms with Gasteiger partial charge in [0.25, 0.3) is 0 Å². The van der Waals surface area contributed by atoms with Crippen molar-refractivity contribution < 1.29 is 9.90 Å². The van der Waals surface area contributed by atoms with Gasteiger partial charge in [-0.05, 0) is 12.8 Å². The smallest absolute Gasteiger partial charge is 0.224 e. The predicted octanol–water partition coefficient (Wildman–Crippen LogP) is -0.213. The van der Waals surface area contributed by atoms with Gasteiger partial charge in [0.2, 0.25) is 5.91 Å². The first-order valence-corrected chi connectivity index (χ1v) is 4.08. The van der Waals surface area contributed by atoms with E-state index in [1.807, 2.05) is 0 Å². The zero-order valence-corrected chi connectivity index (χ0v) is 6.79. The molecule has 66 valence electrons. The molecule has 0 saturated heterocycles. The topological polar surface area (TPSA) is 73.1 Å². The van der Waals surface area contributed by atoms with Gasteiger partial charge in [0.1, 0.15) is 6.04 Å². The second-order valence-corrected chi connectivity index (χ2v) is 3.00. The van der Waals surface area contributed by atoms with E-state index in [2.05, 4.69) is 5.32 Å². The summed E-state index contributed by atoms with van der Waals surface area (Å²) < 4.78 is 0. The predicted molar refractivity (Wildman–Crippen MR) is 42.0 cm³/mol. The molecule has 0 aromatic heterocycles. The van der Waals surface area contributed by atoms with E-state index >= 15 is 0 Å². The van der Waals surface area contributed by atoms with Crippen LogP contribution in [-0.2, 0) is 4.79 Å². The Bertz CT molecular complexity index is 206. The Kier molecular flexibility index (Phi) is 3.06. The number of amides is 1. The number of nitriles is 1. The van der Waals surface area contributed by atoms with Crippen LogP contribution in [0.3, 0.4) is 0 Å². The molecule has 1 saturated carbocycles. The van der Waals surface area contributed by atoms with Crippen LogP contribution in [0.1, 0.15) is 19.3 Å². The van der Waals surface area contributed by atoms with Crippen LogP contribution >= 0.6 is 0 Å². The maximum Gasteiger partial charge on any atom is 0.224 e. The lowest BCUT2D eigenvalue weighted by atomic mass is 9.84. The van der Waals surface area contributed by atoms with Crippen molar-refractivity contribution in [1.82, 2.24) is 5.32 Å². The molecule has 0 aliphatic heterocycles. The standard InChI is InChI=1S/C8H12N2O2/c9-4-7(5-11)10-8(12)6-2-1-3-6/h6-7,11H,1-3,5H2,(H,10,12). The number of rotatable bonds is 3. The molecule has 1 fully saturated rings. The average molecular weight is 168 g/mol. The van der Waals surface area contributed by atoms with Crippen molar-refractivity contribution in [2.24, 2.45) is 5.92 Å². The van der Waals surface area contributed by atoms with Crippen LogP contribution in [0, 0.1) is 17.2 Å². The van der Waals surface area contributed by atoms with E-state index < -0.39 is 6.04 Å². The minimum Gasteiger partial charge on any atom is -0.393 e. The largest absolute Gasteiger partial charge is 0.393 e. The Morgan fingerprint density at radius 2 is 2.42 bits per heavy atom. The maximum atomic E-state index is 11.2. The van der Waals surface area contributed by atoms with Crippen molar-refractivity contribution >= 4 is 5.91 Å².